The van der Waals surface area contributed by atoms with Crippen LogP contribution in [0.15, 0.2) is 49.3 Å². The maximum atomic E-state index is 4.31. The first-order valence-electron chi connectivity index (χ1n) is 7.02. The predicted octanol–water partition coefficient (Wildman–Crippen LogP) is 3.66. The van der Waals surface area contributed by atoms with Gasteiger partial charge in [0.05, 0.1) is 0 Å². The zero-order chi connectivity index (χ0) is 14.4. The first-order chi connectivity index (χ1) is 9.78. The molecule has 0 aliphatic rings. The van der Waals surface area contributed by atoms with E-state index in [0.29, 0.717) is 0 Å². The molecule has 0 spiro atoms. The van der Waals surface area contributed by atoms with Crippen LogP contribution in [0.2, 0.25) is 0 Å². The minimum absolute atomic E-state index is 0.750. The number of rotatable bonds is 7. The Bertz CT molecular complexity index is 538. The van der Waals surface area contributed by atoms with Crippen molar-refractivity contribution in [1.29, 1.82) is 0 Å². The highest BCUT2D eigenvalue weighted by atomic mass is 15.2. The smallest absolute Gasteiger partial charge is 0.207 e. The number of nitrogens with one attached hydrogen (secondary N) is 1. The molecule has 0 unspecified atom stereocenters. The van der Waals surface area contributed by atoms with Crippen LogP contribution in [0, 0.1) is 0 Å². The van der Waals surface area contributed by atoms with Gasteiger partial charge in [-0.3, -0.25) is 0 Å². The first kappa shape index (κ1) is 14.2. The molecule has 0 aliphatic carbocycles. The van der Waals surface area contributed by atoms with Gasteiger partial charge in [-0.15, -0.1) is 6.58 Å². The number of benzene rings is 1. The van der Waals surface area contributed by atoms with E-state index in [1.54, 1.807) is 6.20 Å². The van der Waals surface area contributed by atoms with Crippen molar-refractivity contribution in [3.63, 3.8) is 0 Å². The van der Waals surface area contributed by atoms with Crippen LogP contribution >= 0.6 is 0 Å². The van der Waals surface area contributed by atoms with Gasteiger partial charge in [0.25, 0.3) is 0 Å². The quantitative estimate of drug-likeness (QED) is 0.779. The lowest BCUT2D eigenvalue weighted by atomic mass is 10.2. The van der Waals surface area contributed by atoms with Crippen molar-refractivity contribution in [3.8, 4) is 0 Å². The van der Waals surface area contributed by atoms with Gasteiger partial charge in [0, 0.05) is 43.4 Å². The molecule has 1 heterocycles. The molecule has 0 radical (unpaired) electrons. The van der Waals surface area contributed by atoms with Crippen molar-refractivity contribution in [2.75, 3.05) is 23.3 Å². The lowest BCUT2D eigenvalue weighted by Gasteiger charge is -2.21. The van der Waals surface area contributed by atoms with Crippen molar-refractivity contribution in [2.45, 2.75) is 20.4 Å². The van der Waals surface area contributed by atoms with E-state index >= 15 is 0 Å². The summed E-state index contributed by atoms with van der Waals surface area (Å²) in [4.78, 5) is 6.64. The topological polar surface area (TPSA) is 33.1 Å². The number of hydrogen-bond acceptors (Lipinski definition) is 3. The van der Waals surface area contributed by atoms with Crippen LogP contribution in [-0.2, 0) is 6.54 Å². The molecule has 4 heteroatoms. The van der Waals surface area contributed by atoms with E-state index in [-0.39, 0.29) is 0 Å². The number of hydrogen-bond donors (Lipinski definition) is 1. The van der Waals surface area contributed by atoms with E-state index in [1.807, 2.05) is 16.8 Å². The van der Waals surface area contributed by atoms with E-state index < -0.39 is 0 Å². The van der Waals surface area contributed by atoms with E-state index in [0.717, 1.165) is 31.3 Å². The summed E-state index contributed by atoms with van der Waals surface area (Å²) < 4.78 is 2.02. The molecule has 0 fully saturated rings. The summed E-state index contributed by atoms with van der Waals surface area (Å²) in [6, 6.07) is 8.44. The Kier molecular flexibility index (Phi) is 4.82. The molecule has 0 saturated heterocycles. The predicted molar refractivity (Wildman–Crippen MR) is 85.7 cm³/mol. The SMILES string of the molecule is C=CCn1ccnc1Nc1ccc(N(CC)CC)cc1. The molecule has 0 atom stereocenters. The molecule has 106 valence electrons. The van der Waals surface area contributed by atoms with Crippen LogP contribution in [-0.4, -0.2) is 22.6 Å². The molecule has 0 bridgehead atoms. The highest BCUT2D eigenvalue weighted by Gasteiger charge is 2.04. The fourth-order valence-electron chi connectivity index (χ4n) is 2.19. The molecule has 0 aliphatic heterocycles. The summed E-state index contributed by atoms with van der Waals surface area (Å²) in [6.45, 7) is 10.9. The Labute approximate surface area is 120 Å². The van der Waals surface area contributed by atoms with Crippen molar-refractivity contribution in [1.82, 2.24) is 9.55 Å². The van der Waals surface area contributed by atoms with E-state index in [4.69, 9.17) is 0 Å². The Morgan fingerprint density at radius 1 is 1.25 bits per heavy atom. The van der Waals surface area contributed by atoms with Gasteiger partial charge in [0.2, 0.25) is 5.95 Å². The molecule has 0 saturated carbocycles. The van der Waals surface area contributed by atoms with Crippen molar-refractivity contribution < 1.29 is 0 Å². The van der Waals surface area contributed by atoms with Crippen molar-refractivity contribution >= 4 is 17.3 Å². The van der Waals surface area contributed by atoms with Crippen LogP contribution in [0.1, 0.15) is 13.8 Å². The molecular weight excluding hydrogens is 248 g/mol. The maximum absolute atomic E-state index is 4.31. The summed E-state index contributed by atoms with van der Waals surface area (Å²) in [5, 5.41) is 3.33. The second-order valence-electron chi connectivity index (χ2n) is 4.54. The van der Waals surface area contributed by atoms with Gasteiger partial charge in [-0.25, -0.2) is 4.98 Å². The molecule has 2 aromatic rings. The summed E-state index contributed by atoms with van der Waals surface area (Å²) in [7, 11) is 0. The number of allylic oxidation sites excluding steroid dienone is 1. The van der Waals surface area contributed by atoms with Crippen LogP contribution in [0.4, 0.5) is 17.3 Å². The third kappa shape index (κ3) is 3.20. The van der Waals surface area contributed by atoms with Gasteiger partial charge in [-0.1, -0.05) is 6.08 Å². The fourth-order valence-corrected chi connectivity index (χ4v) is 2.19. The first-order valence-corrected chi connectivity index (χ1v) is 7.02. The normalized spacial score (nSPS) is 10.3. The Hall–Kier alpha value is -2.23. The number of imidazole rings is 1. The Morgan fingerprint density at radius 2 is 1.95 bits per heavy atom. The maximum Gasteiger partial charge on any atom is 0.207 e. The highest BCUT2D eigenvalue weighted by molar-refractivity contribution is 5.59. The molecule has 1 aromatic carbocycles. The van der Waals surface area contributed by atoms with Crippen LogP contribution in [0.3, 0.4) is 0 Å². The second kappa shape index (κ2) is 6.80. The Morgan fingerprint density at radius 3 is 2.55 bits per heavy atom. The lowest BCUT2D eigenvalue weighted by Crippen LogP contribution is -2.21. The average Bonchev–Trinajstić information content (AvgIpc) is 2.90. The zero-order valence-electron chi connectivity index (χ0n) is 12.2. The van der Waals surface area contributed by atoms with Crippen LogP contribution in [0.25, 0.3) is 0 Å². The third-order valence-corrected chi connectivity index (χ3v) is 3.29. The average molecular weight is 270 g/mol. The minimum atomic E-state index is 0.750. The molecule has 20 heavy (non-hydrogen) atoms. The second-order valence-corrected chi connectivity index (χ2v) is 4.54. The molecule has 1 aromatic heterocycles. The minimum Gasteiger partial charge on any atom is -0.372 e. The van der Waals surface area contributed by atoms with Gasteiger partial charge in [0.1, 0.15) is 0 Å². The molecule has 1 N–H and O–H groups in total. The summed E-state index contributed by atoms with van der Waals surface area (Å²) in [5.74, 6) is 0.834. The number of nitrogens with zero attached hydrogens (tertiary/aromatic N) is 3. The van der Waals surface area contributed by atoms with Gasteiger partial charge < -0.3 is 14.8 Å². The molecular formula is C16H22N4. The van der Waals surface area contributed by atoms with Crippen LogP contribution < -0.4 is 10.2 Å². The zero-order valence-corrected chi connectivity index (χ0v) is 12.2. The largest absolute Gasteiger partial charge is 0.372 e. The van der Waals surface area contributed by atoms with Crippen LogP contribution in [0.5, 0.6) is 0 Å². The standard InChI is InChI=1S/C16H22N4/c1-4-12-20-13-11-17-16(20)18-14-7-9-15(10-8-14)19(5-2)6-3/h4,7-11,13H,1,5-6,12H2,2-3H3,(H,17,18). The molecule has 2 rings (SSSR count). The van der Waals surface area contributed by atoms with Gasteiger partial charge in [0.15, 0.2) is 0 Å². The van der Waals surface area contributed by atoms with Gasteiger partial charge in [-0.05, 0) is 38.1 Å². The number of aromatic nitrogens is 2. The molecule has 4 nitrogen and oxygen atoms in total. The number of anilines is 3. The monoisotopic (exact) mass is 270 g/mol. The van der Waals surface area contributed by atoms with E-state index in [1.165, 1.54) is 5.69 Å². The lowest BCUT2D eigenvalue weighted by molar-refractivity contribution is 0.833. The van der Waals surface area contributed by atoms with E-state index in [9.17, 15) is 0 Å². The highest BCUT2D eigenvalue weighted by Crippen LogP contribution is 2.20. The van der Waals surface area contributed by atoms with Crippen molar-refractivity contribution in [2.24, 2.45) is 0 Å². The summed E-state index contributed by atoms with van der Waals surface area (Å²) >= 11 is 0. The Balaban J connectivity index is 2.10. The van der Waals surface area contributed by atoms with E-state index in [2.05, 4.69) is 59.9 Å². The molecule has 0 amide bonds. The summed E-state index contributed by atoms with van der Waals surface area (Å²) in [6.07, 6.45) is 5.58. The third-order valence-electron chi connectivity index (χ3n) is 3.29. The van der Waals surface area contributed by atoms with Gasteiger partial charge in [-0.2, -0.15) is 0 Å². The van der Waals surface area contributed by atoms with Crippen molar-refractivity contribution in [3.05, 3.63) is 49.3 Å². The summed E-state index contributed by atoms with van der Waals surface area (Å²) in [5.41, 5.74) is 2.28. The fraction of sp³-hybridized carbons (Fsp3) is 0.312. The van der Waals surface area contributed by atoms with Gasteiger partial charge >= 0.3 is 0 Å².